The van der Waals surface area contributed by atoms with Crippen molar-refractivity contribution in [2.75, 3.05) is 12.4 Å². The Hall–Kier alpha value is -2.70. The maximum absolute atomic E-state index is 13.5. The van der Waals surface area contributed by atoms with E-state index in [9.17, 15) is 13.2 Å². The van der Waals surface area contributed by atoms with Crippen molar-refractivity contribution in [1.82, 2.24) is 0 Å². The van der Waals surface area contributed by atoms with E-state index in [-0.39, 0.29) is 24.5 Å². The van der Waals surface area contributed by atoms with Gasteiger partial charge in [0.1, 0.15) is 23.9 Å². The molecule has 0 amide bonds. The predicted molar refractivity (Wildman–Crippen MR) is 96.3 cm³/mol. The molecule has 4 nitrogen and oxygen atoms in total. The highest BCUT2D eigenvalue weighted by Crippen LogP contribution is 2.41. The van der Waals surface area contributed by atoms with E-state index in [2.05, 4.69) is 10.3 Å². The summed E-state index contributed by atoms with van der Waals surface area (Å²) in [6, 6.07) is 12.2. The van der Waals surface area contributed by atoms with Crippen LogP contribution in [0.15, 0.2) is 53.5 Å². The number of fused-ring (bicyclic) bond motifs is 3. The zero-order valence-electron chi connectivity index (χ0n) is 14.7. The largest absolute Gasteiger partial charge is 0.497 e. The molecule has 0 saturated carbocycles. The van der Waals surface area contributed by atoms with E-state index in [4.69, 9.17) is 9.47 Å². The number of nitrogens with one attached hydrogen (secondary N) is 1. The lowest BCUT2D eigenvalue weighted by atomic mass is 10.1. The molecule has 3 atom stereocenters. The van der Waals surface area contributed by atoms with Gasteiger partial charge in [-0.05, 0) is 35.4 Å². The molecule has 0 saturated heterocycles. The van der Waals surface area contributed by atoms with E-state index < -0.39 is 12.2 Å². The average Bonchev–Trinajstić information content (AvgIpc) is 3.18. The maximum Gasteiger partial charge on any atom is 0.409 e. The van der Waals surface area contributed by atoms with Crippen molar-refractivity contribution >= 4 is 11.6 Å². The Morgan fingerprint density at radius 1 is 1.19 bits per heavy atom. The van der Waals surface area contributed by atoms with Gasteiger partial charge < -0.3 is 14.8 Å². The Balaban J connectivity index is 1.50. The molecule has 1 N–H and O–H groups in total. The Bertz CT molecular complexity index is 849. The van der Waals surface area contributed by atoms with Crippen LogP contribution in [0.2, 0.25) is 0 Å². The van der Waals surface area contributed by atoms with Gasteiger partial charge in [-0.2, -0.15) is 13.2 Å². The first kappa shape index (κ1) is 17.7. The minimum atomic E-state index is -4.43. The van der Waals surface area contributed by atoms with Gasteiger partial charge in [0.05, 0.1) is 13.5 Å². The van der Waals surface area contributed by atoms with Crippen LogP contribution in [0.3, 0.4) is 0 Å². The zero-order valence-corrected chi connectivity index (χ0v) is 14.7. The van der Waals surface area contributed by atoms with E-state index in [1.165, 1.54) is 7.11 Å². The summed E-state index contributed by atoms with van der Waals surface area (Å²) >= 11 is 0. The number of nitrogens with zero attached hydrogens (tertiary/aromatic N) is 1. The summed E-state index contributed by atoms with van der Waals surface area (Å²) in [4.78, 5) is 4.45. The number of benzene rings is 2. The summed E-state index contributed by atoms with van der Waals surface area (Å²) < 4.78 is 51.4. The molecule has 0 aromatic heterocycles. The average molecular weight is 376 g/mol. The number of anilines is 1. The highest BCUT2D eigenvalue weighted by Gasteiger charge is 2.44. The van der Waals surface area contributed by atoms with Crippen LogP contribution in [0, 0.1) is 0 Å². The number of halogens is 3. The van der Waals surface area contributed by atoms with Crippen molar-refractivity contribution in [3.63, 3.8) is 0 Å². The Labute approximate surface area is 155 Å². The third-order valence-electron chi connectivity index (χ3n) is 4.92. The number of ether oxygens (including phenoxy) is 2. The van der Waals surface area contributed by atoms with E-state index in [1.807, 2.05) is 24.3 Å². The molecule has 7 heteroatoms. The molecule has 4 rings (SSSR count). The van der Waals surface area contributed by atoms with Crippen LogP contribution in [0.5, 0.6) is 5.75 Å². The third-order valence-corrected chi connectivity index (χ3v) is 4.92. The second-order valence-electron chi connectivity index (χ2n) is 6.70. The fourth-order valence-electron chi connectivity index (χ4n) is 3.57. The Morgan fingerprint density at radius 2 is 1.93 bits per heavy atom. The Kier molecular flexibility index (Phi) is 4.45. The third kappa shape index (κ3) is 3.59. The molecule has 0 fully saturated rings. The molecule has 0 bridgehead atoms. The summed E-state index contributed by atoms with van der Waals surface area (Å²) in [5.74, 6) is 0.738. The number of aliphatic imine (C=N–C) groups is 1. The van der Waals surface area contributed by atoms with Crippen molar-refractivity contribution in [3.8, 4) is 5.75 Å². The van der Waals surface area contributed by atoms with Gasteiger partial charge in [-0.3, -0.25) is 0 Å². The second-order valence-corrected chi connectivity index (χ2v) is 6.70. The number of methoxy groups -OCH3 is 1. The lowest BCUT2D eigenvalue weighted by Crippen LogP contribution is -2.38. The first-order valence-corrected chi connectivity index (χ1v) is 8.72. The minimum Gasteiger partial charge on any atom is -0.497 e. The van der Waals surface area contributed by atoms with Gasteiger partial charge >= 0.3 is 6.18 Å². The highest BCUT2D eigenvalue weighted by molar-refractivity contribution is 5.80. The topological polar surface area (TPSA) is 42.8 Å². The van der Waals surface area contributed by atoms with Gasteiger partial charge in [0.2, 0.25) is 0 Å². The van der Waals surface area contributed by atoms with Crippen LogP contribution in [-0.2, 0) is 11.2 Å². The molecule has 27 heavy (non-hydrogen) atoms. The molecule has 0 radical (unpaired) electrons. The first-order valence-electron chi connectivity index (χ1n) is 8.72. The summed E-state index contributed by atoms with van der Waals surface area (Å²) in [5, 5.41) is 2.54. The highest BCUT2D eigenvalue weighted by atomic mass is 19.4. The molecule has 0 unspecified atom stereocenters. The molecule has 142 valence electrons. The van der Waals surface area contributed by atoms with Crippen LogP contribution in [0.4, 0.5) is 18.9 Å². The van der Waals surface area contributed by atoms with Crippen LogP contribution < -0.4 is 10.1 Å². The molecule has 0 spiro atoms. The van der Waals surface area contributed by atoms with Gasteiger partial charge in [0.25, 0.3) is 0 Å². The number of hydrogen-bond acceptors (Lipinski definition) is 4. The quantitative estimate of drug-likeness (QED) is 0.834. The van der Waals surface area contributed by atoms with Gasteiger partial charge in [-0.1, -0.05) is 24.3 Å². The van der Waals surface area contributed by atoms with Crippen LogP contribution >= 0.6 is 0 Å². The summed E-state index contributed by atoms with van der Waals surface area (Å²) in [7, 11) is 1.51. The van der Waals surface area contributed by atoms with Gasteiger partial charge in [0.15, 0.2) is 5.90 Å². The zero-order chi connectivity index (χ0) is 19.0. The van der Waals surface area contributed by atoms with Gasteiger partial charge in [-0.15, -0.1) is 0 Å². The predicted octanol–water partition coefficient (Wildman–Crippen LogP) is 4.52. The van der Waals surface area contributed by atoms with Crippen molar-refractivity contribution < 1.29 is 22.6 Å². The van der Waals surface area contributed by atoms with Crippen molar-refractivity contribution in [3.05, 3.63) is 59.7 Å². The summed E-state index contributed by atoms with van der Waals surface area (Å²) in [5.41, 5.74) is 2.56. The molecule has 1 aliphatic heterocycles. The van der Waals surface area contributed by atoms with Crippen LogP contribution in [0.25, 0.3) is 0 Å². The first-order chi connectivity index (χ1) is 12.9. The van der Waals surface area contributed by atoms with Gasteiger partial charge in [-0.25, -0.2) is 4.99 Å². The Morgan fingerprint density at radius 3 is 2.63 bits per heavy atom. The molecule has 1 heterocycles. The maximum atomic E-state index is 13.5. The molecule has 1 aliphatic carbocycles. The molecular formula is C20H19F3N2O2. The summed E-state index contributed by atoms with van der Waals surface area (Å²) in [6.07, 6.45) is -4.30. The van der Waals surface area contributed by atoms with Crippen molar-refractivity contribution in [2.24, 2.45) is 4.99 Å². The van der Waals surface area contributed by atoms with Crippen molar-refractivity contribution in [2.45, 2.75) is 37.2 Å². The summed E-state index contributed by atoms with van der Waals surface area (Å²) in [6.45, 7) is 0. The second kappa shape index (κ2) is 6.79. The van der Waals surface area contributed by atoms with E-state index in [0.717, 1.165) is 11.1 Å². The van der Waals surface area contributed by atoms with E-state index in [0.29, 0.717) is 17.9 Å². The normalized spacial score (nSPS) is 21.7. The number of rotatable bonds is 5. The SMILES string of the molecule is COc1ccc(N[C@@H](CC2=N[C@H]3c4ccccc4C[C@H]3O2)C(F)(F)F)cc1. The van der Waals surface area contributed by atoms with Crippen LogP contribution in [0.1, 0.15) is 23.6 Å². The molecule has 2 aliphatic rings. The number of alkyl halides is 3. The van der Waals surface area contributed by atoms with E-state index >= 15 is 0 Å². The smallest absolute Gasteiger partial charge is 0.409 e. The molecular weight excluding hydrogens is 357 g/mol. The monoisotopic (exact) mass is 376 g/mol. The van der Waals surface area contributed by atoms with Gasteiger partial charge in [0, 0.05) is 12.1 Å². The fraction of sp³-hybridized carbons (Fsp3) is 0.350. The lowest BCUT2D eigenvalue weighted by molar-refractivity contribution is -0.141. The lowest BCUT2D eigenvalue weighted by Gasteiger charge is -2.23. The molecule has 2 aromatic rings. The van der Waals surface area contributed by atoms with Crippen molar-refractivity contribution in [1.29, 1.82) is 0 Å². The minimum absolute atomic E-state index is 0.155. The standard InChI is InChI=1S/C20H19F3N2O2/c1-26-14-8-6-13(7-9-14)24-17(20(21,22)23)11-18-25-19-15-5-3-2-4-12(15)10-16(19)27-18/h2-9,16-17,19,24H,10-11H2,1H3/t16-,17+,19+/m1/s1. The van der Waals surface area contributed by atoms with E-state index in [1.54, 1.807) is 24.3 Å². The molecule has 2 aromatic carbocycles. The number of hydrogen-bond donors (Lipinski definition) is 1. The fourth-order valence-corrected chi connectivity index (χ4v) is 3.57. The van der Waals surface area contributed by atoms with Crippen LogP contribution in [-0.4, -0.2) is 31.3 Å².